The minimum absolute atomic E-state index is 0.353. The third kappa shape index (κ3) is 3.96. The van der Waals surface area contributed by atoms with Crippen LogP contribution in [0.2, 0.25) is 0 Å². The fourth-order valence-electron chi connectivity index (χ4n) is 1.79. The highest BCUT2D eigenvalue weighted by Crippen LogP contribution is 2.25. The zero-order valence-corrected chi connectivity index (χ0v) is 12.5. The molecule has 0 fully saturated rings. The summed E-state index contributed by atoms with van der Waals surface area (Å²) in [6, 6.07) is 0.865. The second kappa shape index (κ2) is 6.97. The Morgan fingerprint density at radius 2 is 2.06 bits per heavy atom. The summed E-state index contributed by atoms with van der Waals surface area (Å²) in [5.41, 5.74) is 1.16. The fraction of sp³-hybridized carbons (Fsp3) is 0.769. The van der Waals surface area contributed by atoms with Crippen LogP contribution in [0, 0.1) is 0 Å². The van der Waals surface area contributed by atoms with E-state index in [1.807, 2.05) is 0 Å². The minimum atomic E-state index is 0.353. The molecular weight excluding hydrogens is 230 g/mol. The van der Waals surface area contributed by atoms with Crippen molar-refractivity contribution in [3.63, 3.8) is 0 Å². The molecule has 1 aromatic heterocycles. The van der Waals surface area contributed by atoms with Gasteiger partial charge in [-0.25, -0.2) is 4.98 Å². The first-order valence-electron chi connectivity index (χ1n) is 6.55. The summed E-state index contributed by atoms with van der Waals surface area (Å²) in [5.74, 6) is 0. The average molecular weight is 255 g/mol. The number of nitrogens with zero attached hydrogens (tertiary/aromatic N) is 2. The number of aromatic nitrogens is 1. The van der Waals surface area contributed by atoms with E-state index < -0.39 is 0 Å². The second-order valence-electron chi connectivity index (χ2n) is 4.61. The second-order valence-corrected chi connectivity index (χ2v) is 5.45. The van der Waals surface area contributed by atoms with Crippen LogP contribution >= 0.6 is 11.3 Å². The van der Waals surface area contributed by atoms with Crippen molar-refractivity contribution in [1.82, 2.24) is 10.3 Å². The van der Waals surface area contributed by atoms with E-state index >= 15 is 0 Å². The van der Waals surface area contributed by atoms with Crippen molar-refractivity contribution in [2.45, 2.75) is 53.1 Å². The monoisotopic (exact) mass is 255 g/mol. The van der Waals surface area contributed by atoms with Crippen molar-refractivity contribution in [3.8, 4) is 0 Å². The van der Waals surface area contributed by atoms with E-state index in [4.69, 9.17) is 4.98 Å². The molecule has 0 aliphatic heterocycles. The molecule has 1 rings (SSSR count). The molecule has 0 amide bonds. The first kappa shape index (κ1) is 14.5. The predicted molar refractivity (Wildman–Crippen MR) is 77.0 cm³/mol. The highest BCUT2D eigenvalue weighted by molar-refractivity contribution is 7.13. The largest absolute Gasteiger partial charge is 0.346 e. The maximum atomic E-state index is 4.74. The Morgan fingerprint density at radius 1 is 1.35 bits per heavy atom. The van der Waals surface area contributed by atoms with Crippen molar-refractivity contribution in [2.75, 3.05) is 18.0 Å². The SMILES string of the molecule is CCCNC(C)c1csc(N(CC)C(C)C)n1. The van der Waals surface area contributed by atoms with Crippen LogP contribution in [0.5, 0.6) is 0 Å². The normalized spacial score (nSPS) is 13.1. The van der Waals surface area contributed by atoms with Gasteiger partial charge in [-0.2, -0.15) is 0 Å². The Bertz CT molecular complexity index is 322. The van der Waals surface area contributed by atoms with Gasteiger partial charge in [0, 0.05) is 24.0 Å². The van der Waals surface area contributed by atoms with Gasteiger partial charge < -0.3 is 10.2 Å². The van der Waals surface area contributed by atoms with Crippen molar-refractivity contribution in [1.29, 1.82) is 0 Å². The van der Waals surface area contributed by atoms with E-state index in [0.29, 0.717) is 12.1 Å². The van der Waals surface area contributed by atoms with Crippen molar-refractivity contribution in [3.05, 3.63) is 11.1 Å². The van der Waals surface area contributed by atoms with Gasteiger partial charge in [0.15, 0.2) is 5.13 Å². The number of hydrogen-bond donors (Lipinski definition) is 1. The van der Waals surface area contributed by atoms with Gasteiger partial charge >= 0.3 is 0 Å². The molecule has 0 spiro atoms. The first-order chi connectivity index (χ1) is 8.10. The summed E-state index contributed by atoms with van der Waals surface area (Å²) in [7, 11) is 0. The number of thiazole rings is 1. The number of anilines is 1. The topological polar surface area (TPSA) is 28.2 Å². The Kier molecular flexibility index (Phi) is 5.92. The molecule has 0 aliphatic rings. The van der Waals surface area contributed by atoms with Gasteiger partial charge in [0.2, 0.25) is 0 Å². The fourth-order valence-corrected chi connectivity index (χ4v) is 2.91. The minimum Gasteiger partial charge on any atom is -0.346 e. The van der Waals surface area contributed by atoms with E-state index in [1.54, 1.807) is 11.3 Å². The van der Waals surface area contributed by atoms with Crippen LogP contribution in [-0.2, 0) is 0 Å². The number of nitrogens with one attached hydrogen (secondary N) is 1. The number of rotatable bonds is 7. The molecule has 1 aromatic rings. The van der Waals surface area contributed by atoms with E-state index in [2.05, 4.69) is 50.2 Å². The third-order valence-corrected chi connectivity index (χ3v) is 3.76. The summed E-state index contributed by atoms with van der Waals surface area (Å²) in [6.07, 6.45) is 1.16. The lowest BCUT2D eigenvalue weighted by atomic mass is 10.2. The maximum absolute atomic E-state index is 4.74. The Labute approximate surface area is 109 Å². The van der Waals surface area contributed by atoms with Gasteiger partial charge in [-0.15, -0.1) is 11.3 Å². The molecule has 1 heterocycles. The molecule has 1 N–H and O–H groups in total. The average Bonchev–Trinajstić information content (AvgIpc) is 2.75. The summed E-state index contributed by atoms with van der Waals surface area (Å²) < 4.78 is 0. The van der Waals surface area contributed by atoms with E-state index in [-0.39, 0.29) is 0 Å². The van der Waals surface area contributed by atoms with Gasteiger partial charge in [0.25, 0.3) is 0 Å². The highest BCUT2D eigenvalue weighted by Gasteiger charge is 2.15. The van der Waals surface area contributed by atoms with Gasteiger partial charge in [0.1, 0.15) is 0 Å². The van der Waals surface area contributed by atoms with Crippen LogP contribution in [0.4, 0.5) is 5.13 Å². The van der Waals surface area contributed by atoms with Crippen LogP contribution in [0.15, 0.2) is 5.38 Å². The molecule has 0 bridgehead atoms. The van der Waals surface area contributed by atoms with Crippen molar-refractivity contribution >= 4 is 16.5 Å². The van der Waals surface area contributed by atoms with Gasteiger partial charge in [0.05, 0.1) is 5.69 Å². The summed E-state index contributed by atoms with van der Waals surface area (Å²) in [4.78, 5) is 7.07. The van der Waals surface area contributed by atoms with Gasteiger partial charge in [-0.05, 0) is 40.7 Å². The van der Waals surface area contributed by atoms with Crippen LogP contribution in [-0.4, -0.2) is 24.1 Å². The quantitative estimate of drug-likeness (QED) is 0.809. The maximum Gasteiger partial charge on any atom is 0.185 e. The van der Waals surface area contributed by atoms with Crippen LogP contribution in [0.1, 0.15) is 52.8 Å². The lowest BCUT2D eigenvalue weighted by Crippen LogP contribution is -2.30. The molecule has 98 valence electrons. The molecule has 4 heteroatoms. The van der Waals surface area contributed by atoms with Crippen LogP contribution in [0.3, 0.4) is 0 Å². The van der Waals surface area contributed by atoms with E-state index in [1.165, 1.54) is 0 Å². The molecule has 0 aromatic carbocycles. The molecule has 0 radical (unpaired) electrons. The van der Waals surface area contributed by atoms with Crippen LogP contribution in [0.25, 0.3) is 0 Å². The zero-order valence-electron chi connectivity index (χ0n) is 11.7. The smallest absolute Gasteiger partial charge is 0.185 e. The summed E-state index contributed by atoms with van der Waals surface area (Å²) in [6.45, 7) is 13.0. The highest BCUT2D eigenvalue weighted by atomic mass is 32.1. The summed E-state index contributed by atoms with van der Waals surface area (Å²) >= 11 is 1.75. The predicted octanol–water partition coefficient (Wildman–Crippen LogP) is 3.44. The van der Waals surface area contributed by atoms with Crippen molar-refractivity contribution < 1.29 is 0 Å². The molecular formula is C13H25N3S. The van der Waals surface area contributed by atoms with Gasteiger partial charge in [-0.3, -0.25) is 0 Å². The molecule has 0 saturated carbocycles. The lowest BCUT2D eigenvalue weighted by molar-refractivity contribution is 0.560. The Balaban J connectivity index is 2.69. The van der Waals surface area contributed by atoms with E-state index in [9.17, 15) is 0 Å². The molecule has 3 nitrogen and oxygen atoms in total. The molecule has 17 heavy (non-hydrogen) atoms. The van der Waals surface area contributed by atoms with Crippen LogP contribution < -0.4 is 10.2 Å². The zero-order chi connectivity index (χ0) is 12.8. The molecule has 0 aliphatic carbocycles. The molecule has 0 saturated heterocycles. The summed E-state index contributed by atoms with van der Waals surface area (Å²) in [5, 5.41) is 6.79. The first-order valence-corrected chi connectivity index (χ1v) is 7.43. The Hall–Kier alpha value is -0.610. The lowest BCUT2D eigenvalue weighted by Gasteiger charge is -2.24. The number of hydrogen-bond acceptors (Lipinski definition) is 4. The van der Waals surface area contributed by atoms with E-state index in [0.717, 1.165) is 30.3 Å². The standard InChI is InChI=1S/C13H25N3S/c1-6-8-14-11(5)12-9-17-13(15-12)16(7-2)10(3)4/h9-11,14H,6-8H2,1-5H3. The third-order valence-electron chi connectivity index (χ3n) is 2.86. The Morgan fingerprint density at radius 3 is 2.59 bits per heavy atom. The van der Waals surface area contributed by atoms with Crippen molar-refractivity contribution in [2.24, 2.45) is 0 Å². The van der Waals surface area contributed by atoms with Gasteiger partial charge in [-0.1, -0.05) is 6.92 Å². The molecule has 1 unspecified atom stereocenters. The molecule has 1 atom stereocenters.